The Kier molecular flexibility index (Phi) is 11.7. The first-order valence-electron chi connectivity index (χ1n) is 7.03. The highest BCUT2D eigenvalue weighted by molar-refractivity contribution is 5.76. The van der Waals surface area contributed by atoms with Crippen molar-refractivity contribution in [3.8, 4) is 11.1 Å². The summed E-state index contributed by atoms with van der Waals surface area (Å²) in [4.78, 5) is 0. The van der Waals surface area contributed by atoms with Crippen molar-refractivity contribution in [2.45, 2.75) is 55.4 Å². The second-order valence-corrected chi connectivity index (χ2v) is 4.20. The van der Waals surface area contributed by atoms with E-state index in [0.717, 1.165) is 6.42 Å². The molecular weight excluding hydrogens is 240 g/mol. The fourth-order valence-electron chi connectivity index (χ4n) is 2.08. The van der Waals surface area contributed by atoms with Crippen LogP contribution in [0.25, 0.3) is 11.1 Å². The zero-order valence-electron chi connectivity index (χ0n) is 12.0. The fraction of sp³-hybridized carbons (Fsp3) is 0.400. The minimum atomic E-state index is 0. The van der Waals surface area contributed by atoms with Crippen LogP contribution in [0.5, 0.6) is 0 Å². The van der Waals surface area contributed by atoms with Gasteiger partial charge >= 0.3 is 0 Å². The van der Waals surface area contributed by atoms with Gasteiger partial charge in [-0.25, -0.2) is 0 Å². The van der Waals surface area contributed by atoms with Crippen molar-refractivity contribution in [3.63, 3.8) is 0 Å². The standard InChI is InChI=1S/C13H10.C3H8.C2H6.2CH4/c1-3-7-12-10(5-1)9-11-6-2-4-8-13(11)12;1-3-2;1-2;;/h1-8H,9H2;3H2,1-2H3;1-2H3;2*1H4. The number of hydrogen-bond acceptors (Lipinski definition) is 0. The minimum Gasteiger partial charge on any atom is -0.0776 e. The number of fused-ring (bicyclic) bond motifs is 3. The van der Waals surface area contributed by atoms with E-state index in [1.165, 1.54) is 28.7 Å². The van der Waals surface area contributed by atoms with Gasteiger partial charge in [0, 0.05) is 0 Å². The average molecular weight is 272 g/mol. The van der Waals surface area contributed by atoms with Crippen LogP contribution in [0.15, 0.2) is 48.5 Å². The van der Waals surface area contributed by atoms with Crippen LogP contribution in [0.4, 0.5) is 0 Å². The third kappa shape index (κ3) is 4.85. The molecule has 0 heterocycles. The monoisotopic (exact) mass is 272 g/mol. The summed E-state index contributed by atoms with van der Waals surface area (Å²) in [6.45, 7) is 8.25. The molecule has 0 saturated carbocycles. The van der Waals surface area contributed by atoms with Gasteiger partial charge in [-0.05, 0) is 28.7 Å². The van der Waals surface area contributed by atoms with Crippen molar-refractivity contribution >= 4 is 0 Å². The van der Waals surface area contributed by atoms with Crippen molar-refractivity contribution in [2.24, 2.45) is 0 Å². The third-order valence-electron chi connectivity index (χ3n) is 2.71. The van der Waals surface area contributed by atoms with E-state index < -0.39 is 0 Å². The van der Waals surface area contributed by atoms with Gasteiger partial charge in [0.1, 0.15) is 0 Å². The molecule has 20 heavy (non-hydrogen) atoms. The first-order valence-corrected chi connectivity index (χ1v) is 7.03. The molecule has 0 nitrogen and oxygen atoms in total. The highest BCUT2D eigenvalue weighted by Crippen LogP contribution is 2.35. The summed E-state index contributed by atoms with van der Waals surface area (Å²) >= 11 is 0. The zero-order chi connectivity index (χ0) is 13.4. The molecule has 0 bridgehead atoms. The van der Waals surface area contributed by atoms with E-state index in [4.69, 9.17) is 0 Å². The lowest BCUT2D eigenvalue weighted by atomic mass is 10.1. The van der Waals surface area contributed by atoms with Crippen molar-refractivity contribution in [3.05, 3.63) is 59.7 Å². The second-order valence-electron chi connectivity index (χ2n) is 4.20. The summed E-state index contributed by atoms with van der Waals surface area (Å²) in [5.41, 5.74) is 5.75. The second kappa shape index (κ2) is 11.3. The average Bonchev–Trinajstić information content (AvgIpc) is 2.80. The van der Waals surface area contributed by atoms with Crippen molar-refractivity contribution < 1.29 is 0 Å². The summed E-state index contributed by atoms with van der Waals surface area (Å²) in [6.07, 6.45) is 2.35. The van der Waals surface area contributed by atoms with Crippen molar-refractivity contribution in [1.82, 2.24) is 0 Å². The third-order valence-corrected chi connectivity index (χ3v) is 2.71. The molecule has 3 rings (SSSR count). The maximum Gasteiger partial charge on any atom is -0.00135 e. The van der Waals surface area contributed by atoms with Crippen LogP contribution in [-0.4, -0.2) is 0 Å². The van der Waals surface area contributed by atoms with Crippen molar-refractivity contribution in [2.75, 3.05) is 0 Å². The van der Waals surface area contributed by atoms with Crippen LogP contribution in [0.2, 0.25) is 0 Å². The highest BCUT2D eigenvalue weighted by Gasteiger charge is 2.15. The van der Waals surface area contributed by atoms with Gasteiger partial charge in [-0.3, -0.25) is 0 Å². The quantitative estimate of drug-likeness (QED) is 0.414. The molecule has 0 atom stereocenters. The molecular formula is C20H32. The Balaban J connectivity index is 0. The summed E-state index contributed by atoms with van der Waals surface area (Å²) < 4.78 is 0. The molecule has 0 unspecified atom stereocenters. The molecule has 0 amide bonds. The van der Waals surface area contributed by atoms with Crippen LogP contribution < -0.4 is 0 Å². The molecule has 0 heteroatoms. The molecule has 1 aliphatic rings. The van der Waals surface area contributed by atoms with Gasteiger partial charge in [0.05, 0.1) is 0 Å². The van der Waals surface area contributed by atoms with Crippen LogP contribution in [0.3, 0.4) is 0 Å². The van der Waals surface area contributed by atoms with E-state index in [9.17, 15) is 0 Å². The van der Waals surface area contributed by atoms with Gasteiger partial charge in [-0.1, -0.05) is 97.5 Å². The van der Waals surface area contributed by atoms with Crippen molar-refractivity contribution in [1.29, 1.82) is 0 Å². The molecule has 2 aromatic carbocycles. The normalized spacial score (nSPS) is 9.20. The van der Waals surface area contributed by atoms with Gasteiger partial charge in [0.2, 0.25) is 0 Å². The predicted molar refractivity (Wildman–Crippen MR) is 95.5 cm³/mol. The van der Waals surface area contributed by atoms with E-state index >= 15 is 0 Å². The Morgan fingerprint density at radius 2 is 1.00 bits per heavy atom. The van der Waals surface area contributed by atoms with Crippen LogP contribution in [0, 0.1) is 0 Å². The smallest absolute Gasteiger partial charge is 0.00135 e. The fourth-order valence-corrected chi connectivity index (χ4v) is 2.08. The lowest BCUT2D eigenvalue weighted by molar-refractivity contribution is 1.09. The van der Waals surface area contributed by atoms with E-state index in [-0.39, 0.29) is 14.9 Å². The zero-order valence-corrected chi connectivity index (χ0v) is 12.0. The Morgan fingerprint density at radius 3 is 1.35 bits per heavy atom. The van der Waals surface area contributed by atoms with Gasteiger partial charge in [0.15, 0.2) is 0 Å². The topological polar surface area (TPSA) is 0 Å². The Hall–Kier alpha value is -1.56. The van der Waals surface area contributed by atoms with Gasteiger partial charge in [-0.2, -0.15) is 0 Å². The molecule has 0 spiro atoms. The lowest BCUT2D eigenvalue weighted by Crippen LogP contribution is -1.77. The lowest BCUT2D eigenvalue weighted by Gasteiger charge is -1.98. The number of rotatable bonds is 0. The summed E-state index contributed by atoms with van der Waals surface area (Å²) in [5.74, 6) is 0. The first kappa shape index (κ1) is 20.8. The molecule has 0 radical (unpaired) electrons. The molecule has 2 aromatic rings. The van der Waals surface area contributed by atoms with Gasteiger partial charge in [0.25, 0.3) is 0 Å². The summed E-state index contributed by atoms with van der Waals surface area (Å²) in [6, 6.07) is 17.3. The molecule has 0 aromatic heterocycles. The Morgan fingerprint density at radius 1 is 0.700 bits per heavy atom. The minimum absolute atomic E-state index is 0. The first-order chi connectivity index (χ1) is 8.86. The molecule has 1 aliphatic carbocycles. The van der Waals surface area contributed by atoms with Gasteiger partial charge < -0.3 is 0 Å². The molecule has 112 valence electrons. The summed E-state index contributed by atoms with van der Waals surface area (Å²) in [7, 11) is 0. The predicted octanol–water partition coefficient (Wildman–Crippen LogP) is 6.97. The van der Waals surface area contributed by atoms with E-state index in [0.29, 0.717) is 0 Å². The van der Waals surface area contributed by atoms with Crippen LogP contribution in [0.1, 0.15) is 60.1 Å². The maximum atomic E-state index is 2.22. The molecule has 0 saturated heterocycles. The van der Waals surface area contributed by atoms with E-state index in [1.54, 1.807) is 0 Å². The SMILES string of the molecule is C.C.CC.CCC.c1ccc2c(c1)Cc1ccccc1-2. The number of benzene rings is 2. The highest BCUT2D eigenvalue weighted by atomic mass is 14.2. The molecule has 0 N–H and O–H groups in total. The van der Waals surface area contributed by atoms with E-state index in [1.807, 2.05) is 13.8 Å². The van der Waals surface area contributed by atoms with Crippen LogP contribution in [-0.2, 0) is 6.42 Å². The molecule has 0 aliphatic heterocycles. The Bertz CT molecular complexity index is 425. The largest absolute Gasteiger partial charge is 0.0776 e. The summed E-state index contributed by atoms with van der Waals surface area (Å²) in [5, 5.41) is 0. The van der Waals surface area contributed by atoms with Crippen LogP contribution >= 0.6 is 0 Å². The van der Waals surface area contributed by atoms with E-state index in [2.05, 4.69) is 62.4 Å². The Labute approximate surface area is 126 Å². The van der Waals surface area contributed by atoms with Gasteiger partial charge in [-0.15, -0.1) is 0 Å². The number of hydrogen-bond donors (Lipinski definition) is 0. The molecule has 0 fully saturated rings. The maximum absolute atomic E-state index is 2.22.